The van der Waals surface area contributed by atoms with Crippen molar-refractivity contribution in [2.24, 2.45) is 5.10 Å². The molecule has 1 aromatic carbocycles. The predicted molar refractivity (Wildman–Crippen MR) is 86.1 cm³/mol. The zero-order chi connectivity index (χ0) is 18.9. The van der Waals surface area contributed by atoms with Crippen molar-refractivity contribution in [1.29, 1.82) is 0 Å². The van der Waals surface area contributed by atoms with E-state index in [9.17, 15) is 17.6 Å². The molecule has 10 heteroatoms. The van der Waals surface area contributed by atoms with E-state index in [1.54, 1.807) is 0 Å². The molecule has 5 nitrogen and oxygen atoms in total. The highest BCUT2D eigenvalue weighted by atomic mass is 19.4. The summed E-state index contributed by atoms with van der Waals surface area (Å²) in [4.78, 5) is 0. The van der Waals surface area contributed by atoms with Crippen molar-refractivity contribution in [3.63, 3.8) is 0 Å². The summed E-state index contributed by atoms with van der Waals surface area (Å²) in [7, 11) is 0. The van der Waals surface area contributed by atoms with Gasteiger partial charge in [0.25, 0.3) is 0 Å². The third-order valence-electron chi connectivity index (χ3n) is 4.66. The van der Waals surface area contributed by atoms with Crippen LogP contribution in [0.15, 0.2) is 17.2 Å². The first kappa shape index (κ1) is 18.7. The zero-order valence-corrected chi connectivity index (χ0v) is 14.0. The average Bonchev–Trinajstić information content (AvgIpc) is 3.08. The lowest BCUT2D eigenvalue weighted by atomic mass is 9.87. The Bertz CT molecular complexity index is 701. The first-order valence-electron chi connectivity index (χ1n) is 8.21. The largest absolute Gasteiger partial charge is 0.454 e. The molecule has 0 spiro atoms. The number of hydrogen-bond acceptors (Lipinski definition) is 5. The van der Waals surface area contributed by atoms with Crippen LogP contribution < -0.4 is 16.1 Å². The average molecular weight is 378 g/mol. The van der Waals surface area contributed by atoms with Gasteiger partial charge in [-0.25, -0.2) is 8.78 Å². The maximum Gasteiger partial charge on any atom is 0.421 e. The Kier molecular flexibility index (Phi) is 4.96. The maximum atomic E-state index is 15.0. The number of halogens is 5. The number of nitrogens with one attached hydrogen (secondary N) is 3. The van der Waals surface area contributed by atoms with Crippen molar-refractivity contribution in [2.75, 3.05) is 25.1 Å². The van der Waals surface area contributed by atoms with E-state index in [4.69, 9.17) is 4.74 Å². The van der Waals surface area contributed by atoms with Crippen LogP contribution in [0.2, 0.25) is 0 Å². The third kappa shape index (κ3) is 3.69. The molecule has 1 fully saturated rings. The van der Waals surface area contributed by atoms with Crippen LogP contribution >= 0.6 is 0 Å². The molecule has 1 atom stereocenters. The van der Waals surface area contributed by atoms with Crippen LogP contribution in [-0.2, 0) is 10.9 Å². The van der Waals surface area contributed by atoms with Gasteiger partial charge in [0.1, 0.15) is 17.0 Å². The Balaban J connectivity index is 1.97. The van der Waals surface area contributed by atoms with E-state index < -0.39 is 35.0 Å². The van der Waals surface area contributed by atoms with E-state index in [1.807, 2.05) is 0 Å². The summed E-state index contributed by atoms with van der Waals surface area (Å²) in [5, 5.41) is 9.29. The quantitative estimate of drug-likeness (QED) is 0.705. The van der Waals surface area contributed by atoms with E-state index in [1.165, 1.54) is 6.92 Å². The number of anilines is 1. The van der Waals surface area contributed by atoms with Crippen molar-refractivity contribution in [2.45, 2.75) is 37.7 Å². The van der Waals surface area contributed by atoms with Gasteiger partial charge in [-0.1, -0.05) is 0 Å². The van der Waals surface area contributed by atoms with Gasteiger partial charge in [0, 0.05) is 5.56 Å². The molecular weight excluding hydrogens is 359 g/mol. The Morgan fingerprint density at radius 2 is 1.96 bits per heavy atom. The smallest absolute Gasteiger partial charge is 0.421 e. The molecule has 2 heterocycles. The number of ether oxygens (including phenoxy) is 1. The second-order valence-corrected chi connectivity index (χ2v) is 6.39. The number of piperidine rings is 1. The maximum absolute atomic E-state index is 15.0. The lowest BCUT2D eigenvalue weighted by molar-refractivity contribution is -0.139. The van der Waals surface area contributed by atoms with E-state index >= 15 is 4.39 Å². The van der Waals surface area contributed by atoms with Crippen LogP contribution in [0.5, 0.6) is 0 Å². The molecular formula is C16H19F5N4O. The van der Waals surface area contributed by atoms with E-state index in [0.29, 0.717) is 19.2 Å². The van der Waals surface area contributed by atoms with Crippen LogP contribution in [0, 0.1) is 5.82 Å². The zero-order valence-electron chi connectivity index (χ0n) is 14.0. The molecule has 3 N–H and O–H groups in total. The Morgan fingerprint density at radius 1 is 1.27 bits per heavy atom. The second-order valence-electron chi connectivity index (χ2n) is 6.39. The molecule has 0 amide bonds. The molecule has 3 rings (SSSR count). The highest BCUT2D eigenvalue weighted by molar-refractivity contribution is 5.95. The number of alkyl halides is 4. The normalized spacial score (nSPS) is 20.8. The van der Waals surface area contributed by atoms with Gasteiger partial charge in [0.05, 0.1) is 11.7 Å². The summed E-state index contributed by atoms with van der Waals surface area (Å²) in [5.74, 6) is -1.49. The van der Waals surface area contributed by atoms with Crippen molar-refractivity contribution in [3.05, 3.63) is 29.1 Å². The van der Waals surface area contributed by atoms with Crippen LogP contribution in [0.25, 0.3) is 0 Å². The summed E-state index contributed by atoms with van der Waals surface area (Å²) in [6.07, 6.45) is -4.62. The van der Waals surface area contributed by atoms with E-state index in [-0.39, 0.29) is 31.0 Å². The molecule has 0 aromatic heterocycles. The highest BCUT2D eigenvalue weighted by Gasteiger charge is 2.41. The van der Waals surface area contributed by atoms with Crippen LogP contribution in [0.1, 0.15) is 30.9 Å². The molecule has 2 aliphatic heterocycles. The lowest BCUT2D eigenvalue weighted by Crippen LogP contribution is -2.49. The molecule has 1 saturated heterocycles. The molecule has 1 aromatic rings. The van der Waals surface area contributed by atoms with Crippen molar-refractivity contribution < 1.29 is 26.7 Å². The lowest BCUT2D eigenvalue weighted by Gasteiger charge is -2.36. The van der Waals surface area contributed by atoms with Crippen molar-refractivity contribution in [3.8, 4) is 0 Å². The Hall–Kier alpha value is -2.10. The topological polar surface area (TPSA) is 57.7 Å². The first-order chi connectivity index (χ1) is 12.2. The fraction of sp³-hybridized carbons (Fsp3) is 0.562. The molecule has 0 unspecified atom stereocenters. The second kappa shape index (κ2) is 6.90. The molecule has 26 heavy (non-hydrogen) atoms. The minimum atomic E-state index is -4.93. The summed E-state index contributed by atoms with van der Waals surface area (Å²) in [6.45, 7) is 2.36. The first-order valence-corrected chi connectivity index (χ1v) is 8.21. The monoisotopic (exact) mass is 378 g/mol. The molecule has 144 valence electrons. The molecule has 2 aliphatic rings. The van der Waals surface area contributed by atoms with Crippen molar-refractivity contribution in [1.82, 2.24) is 10.7 Å². The third-order valence-corrected chi connectivity index (χ3v) is 4.66. The Morgan fingerprint density at radius 3 is 2.54 bits per heavy atom. The minimum absolute atomic E-state index is 0.0230. The van der Waals surface area contributed by atoms with Crippen LogP contribution in [-0.4, -0.2) is 37.4 Å². The molecule has 0 bridgehead atoms. The van der Waals surface area contributed by atoms with Gasteiger partial charge in [-0.15, -0.1) is 5.10 Å². The summed E-state index contributed by atoms with van der Waals surface area (Å²) < 4.78 is 74.4. The fourth-order valence-corrected chi connectivity index (χ4v) is 3.15. The number of nitrogens with zero attached hydrogens (tertiary/aromatic N) is 1. The van der Waals surface area contributed by atoms with Gasteiger partial charge in [-0.2, -0.15) is 13.2 Å². The molecule has 0 radical (unpaired) electrons. The predicted octanol–water partition coefficient (Wildman–Crippen LogP) is 2.98. The summed E-state index contributed by atoms with van der Waals surface area (Å²) >= 11 is 0. The van der Waals surface area contributed by atoms with Gasteiger partial charge >= 0.3 is 6.18 Å². The van der Waals surface area contributed by atoms with Gasteiger partial charge < -0.3 is 15.4 Å². The van der Waals surface area contributed by atoms with E-state index in [2.05, 4.69) is 21.2 Å². The van der Waals surface area contributed by atoms with Crippen molar-refractivity contribution >= 4 is 11.6 Å². The number of rotatable bonds is 4. The van der Waals surface area contributed by atoms with Gasteiger partial charge in [0.2, 0.25) is 5.90 Å². The standard InChI is InChI=1S/C16H19F5N4O/c1-9(15(18)2-4-22-5-3-15)24-12-7-10(14-25-23-8-26-14)6-11(17)13(12)16(19,20)21/h6-7,9,22-24H,2-5,8H2,1H3/t9-/m0/s1. The van der Waals surface area contributed by atoms with Crippen LogP contribution in [0.4, 0.5) is 27.6 Å². The summed E-state index contributed by atoms with van der Waals surface area (Å²) in [6, 6.07) is 0.851. The fourth-order valence-electron chi connectivity index (χ4n) is 3.15. The number of hydrazone groups is 1. The van der Waals surface area contributed by atoms with Gasteiger partial charge in [0.15, 0.2) is 6.73 Å². The number of benzene rings is 1. The van der Waals surface area contributed by atoms with Crippen LogP contribution in [0.3, 0.4) is 0 Å². The van der Waals surface area contributed by atoms with Gasteiger partial charge in [-0.3, -0.25) is 5.43 Å². The number of hydrogen-bond donors (Lipinski definition) is 3. The summed E-state index contributed by atoms with van der Waals surface area (Å²) in [5.41, 5.74) is -1.16. The Labute approximate surface area is 147 Å². The SMILES string of the molecule is C[C@H](Nc1cc(C2=NNCO2)cc(F)c1C(F)(F)F)C1(F)CCNCC1. The van der Waals surface area contributed by atoms with E-state index in [0.717, 1.165) is 6.07 Å². The minimum Gasteiger partial charge on any atom is -0.454 e. The molecule has 0 saturated carbocycles. The molecule has 0 aliphatic carbocycles. The van der Waals surface area contributed by atoms with Gasteiger partial charge in [-0.05, 0) is 45.0 Å². The highest BCUT2D eigenvalue weighted by Crippen LogP contribution is 2.39.